The Labute approximate surface area is 175 Å². The maximum Gasteiger partial charge on any atom is 0.401 e. The lowest BCUT2D eigenvalue weighted by molar-refractivity contribution is -0.143. The zero-order valence-corrected chi connectivity index (χ0v) is 18.0. The molecule has 0 aliphatic carbocycles. The number of rotatable bonds is 7. The molecule has 1 saturated heterocycles. The van der Waals surface area contributed by atoms with Gasteiger partial charge in [-0.2, -0.15) is 13.2 Å². The van der Waals surface area contributed by atoms with Crippen LogP contribution in [0.5, 0.6) is 5.75 Å². The van der Waals surface area contributed by atoms with Gasteiger partial charge in [0.25, 0.3) is 0 Å². The first-order valence-corrected chi connectivity index (χ1v) is 8.88. The lowest BCUT2D eigenvalue weighted by Crippen LogP contribution is -2.45. The van der Waals surface area contributed by atoms with Crippen LogP contribution in [0.1, 0.15) is 18.9 Å². The summed E-state index contributed by atoms with van der Waals surface area (Å²) in [5, 5.41) is 6.43. The number of ether oxygens (including phenoxy) is 1. The van der Waals surface area contributed by atoms with Crippen LogP contribution in [0.2, 0.25) is 0 Å². The number of nitrogens with zero attached hydrogens (tertiary/aromatic N) is 2. The average molecular weight is 500 g/mol. The van der Waals surface area contributed by atoms with Crippen molar-refractivity contribution in [3.8, 4) is 5.75 Å². The molecule has 1 aliphatic heterocycles. The van der Waals surface area contributed by atoms with Crippen LogP contribution in [-0.2, 0) is 6.42 Å². The summed E-state index contributed by atoms with van der Waals surface area (Å²) in [5.74, 6) is 1.48. The van der Waals surface area contributed by atoms with Crippen molar-refractivity contribution < 1.29 is 17.9 Å². The molecule has 27 heavy (non-hydrogen) atoms. The second-order valence-electron chi connectivity index (χ2n) is 6.27. The third-order valence-electron chi connectivity index (χ3n) is 4.20. The molecule has 1 unspecified atom stereocenters. The third kappa shape index (κ3) is 8.54. The highest BCUT2D eigenvalue weighted by Crippen LogP contribution is 2.20. The van der Waals surface area contributed by atoms with Crippen molar-refractivity contribution in [2.75, 3.05) is 39.8 Å². The van der Waals surface area contributed by atoms with E-state index in [0.717, 1.165) is 17.7 Å². The molecular weight excluding hydrogens is 472 g/mol. The molecule has 154 valence electrons. The molecule has 0 spiro atoms. The fraction of sp³-hybridized carbons (Fsp3) is 0.611. The molecule has 5 nitrogen and oxygen atoms in total. The van der Waals surface area contributed by atoms with Crippen LogP contribution >= 0.6 is 24.0 Å². The minimum atomic E-state index is -4.15. The number of benzene rings is 1. The normalized spacial score (nSPS) is 18.1. The van der Waals surface area contributed by atoms with Crippen molar-refractivity contribution in [2.45, 2.75) is 32.0 Å². The number of alkyl halides is 3. The summed E-state index contributed by atoms with van der Waals surface area (Å²) in [5.41, 5.74) is 1.11. The number of nitrogens with one attached hydrogen (secondary N) is 2. The molecule has 0 amide bonds. The standard InChI is InChI=1S/C18H27F3N4O.HI/c1-3-26-16-7-5-4-6-14(16)8-10-23-17(22-2)24-15-9-11-25(12-15)13-18(19,20)21;/h4-7,15H,3,8-13H2,1-2H3,(H2,22,23,24);1H. The minimum Gasteiger partial charge on any atom is -0.494 e. The van der Waals surface area contributed by atoms with E-state index in [2.05, 4.69) is 15.6 Å². The lowest BCUT2D eigenvalue weighted by Gasteiger charge is -2.20. The van der Waals surface area contributed by atoms with Gasteiger partial charge in [0.1, 0.15) is 5.75 Å². The number of para-hydroxylation sites is 1. The van der Waals surface area contributed by atoms with Crippen molar-refractivity contribution in [1.29, 1.82) is 0 Å². The van der Waals surface area contributed by atoms with E-state index in [0.29, 0.717) is 38.6 Å². The molecule has 0 saturated carbocycles. The molecular formula is C18H28F3IN4O. The van der Waals surface area contributed by atoms with Crippen LogP contribution in [0.15, 0.2) is 29.3 Å². The highest BCUT2D eigenvalue weighted by molar-refractivity contribution is 14.0. The van der Waals surface area contributed by atoms with E-state index >= 15 is 0 Å². The SMILES string of the molecule is CCOc1ccccc1CCNC(=NC)NC1CCN(CC(F)(F)F)C1.I. The molecule has 0 aromatic heterocycles. The average Bonchev–Trinajstić information content (AvgIpc) is 3.00. The number of hydrogen-bond donors (Lipinski definition) is 2. The molecule has 0 radical (unpaired) electrons. The molecule has 1 heterocycles. The van der Waals surface area contributed by atoms with Crippen LogP contribution in [0, 0.1) is 0 Å². The number of hydrogen-bond acceptors (Lipinski definition) is 3. The van der Waals surface area contributed by atoms with Gasteiger partial charge in [-0.15, -0.1) is 24.0 Å². The first-order valence-electron chi connectivity index (χ1n) is 8.88. The highest BCUT2D eigenvalue weighted by atomic mass is 127. The van der Waals surface area contributed by atoms with Gasteiger partial charge in [-0.25, -0.2) is 0 Å². The van der Waals surface area contributed by atoms with Crippen molar-refractivity contribution >= 4 is 29.9 Å². The van der Waals surface area contributed by atoms with E-state index in [1.54, 1.807) is 7.05 Å². The van der Waals surface area contributed by atoms with Gasteiger partial charge in [0.05, 0.1) is 13.2 Å². The summed E-state index contributed by atoms with van der Waals surface area (Å²) in [7, 11) is 1.66. The Morgan fingerprint density at radius 3 is 2.74 bits per heavy atom. The van der Waals surface area contributed by atoms with Gasteiger partial charge in [0.15, 0.2) is 5.96 Å². The van der Waals surface area contributed by atoms with E-state index in [4.69, 9.17) is 4.74 Å². The number of guanidine groups is 1. The molecule has 2 rings (SSSR count). The van der Waals surface area contributed by atoms with Gasteiger partial charge in [-0.1, -0.05) is 18.2 Å². The summed E-state index contributed by atoms with van der Waals surface area (Å²) in [6, 6.07) is 7.85. The third-order valence-corrected chi connectivity index (χ3v) is 4.20. The van der Waals surface area contributed by atoms with Crippen LogP contribution in [0.3, 0.4) is 0 Å². The van der Waals surface area contributed by atoms with Crippen LogP contribution in [0.4, 0.5) is 13.2 Å². The number of aliphatic imine (C=N–C) groups is 1. The van der Waals surface area contributed by atoms with Crippen molar-refractivity contribution in [1.82, 2.24) is 15.5 Å². The van der Waals surface area contributed by atoms with Crippen LogP contribution in [0.25, 0.3) is 0 Å². The Hall–Kier alpha value is -1.23. The van der Waals surface area contributed by atoms with Gasteiger partial charge in [-0.3, -0.25) is 9.89 Å². The van der Waals surface area contributed by atoms with Gasteiger partial charge in [0.2, 0.25) is 0 Å². The number of halogens is 4. The zero-order chi connectivity index (χ0) is 19.0. The van der Waals surface area contributed by atoms with Crippen LogP contribution < -0.4 is 15.4 Å². The Kier molecular flexibility index (Phi) is 10.2. The summed E-state index contributed by atoms with van der Waals surface area (Å²) in [6.45, 7) is 3.17. The second-order valence-corrected chi connectivity index (χ2v) is 6.27. The lowest BCUT2D eigenvalue weighted by atomic mass is 10.1. The Balaban J connectivity index is 0.00000364. The Bertz CT molecular complexity index is 598. The Morgan fingerprint density at radius 1 is 1.33 bits per heavy atom. The van der Waals surface area contributed by atoms with Gasteiger partial charge < -0.3 is 15.4 Å². The van der Waals surface area contributed by atoms with Crippen molar-refractivity contribution in [3.05, 3.63) is 29.8 Å². The molecule has 1 aliphatic rings. The van der Waals surface area contributed by atoms with E-state index < -0.39 is 12.7 Å². The van der Waals surface area contributed by atoms with Crippen LogP contribution in [-0.4, -0.2) is 62.9 Å². The van der Waals surface area contributed by atoms with Crippen molar-refractivity contribution in [2.24, 2.45) is 4.99 Å². The zero-order valence-electron chi connectivity index (χ0n) is 15.7. The summed E-state index contributed by atoms with van der Waals surface area (Å²) in [4.78, 5) is 5.58. The smallest absolute Gasteiger partial charge is 0.401 e. The highest BCUT2D eigenvalue weighted by Gasteiger charge is 2.34. The topological polar surface area (TPSA) is 48.9 Å². The monoisotopic (exact) mass is 500 g/mol. The first-order chi connectivity index (χ1) is 12.4. The second kappa shape index (κ2) is 11.6. The van der Waals surface area contributed by atoms with E-state index in [1.807, 2.05) is 31.2 Å². The van der Waals surface area contributed by atoms with E-state index in [9.17, 15) is 13.2 Å². The predicted molar refractivity (Wildman–Crippen MR) is 112 cm³/mol. The maximum absolute atomic E-state index is 12.5. The first kappa shape index (κ1) is 23.8. The van der Waals surface area contributed by atoms with Crippen molar-refractivity contribution in [3.63, 3.8) is 0 Å². The molecule has 1 fully saturated rings. The summed E-state index contributed by atoms with van der Waals surface area (Å²) >= 11 is 0. The van der Waals surface area contributed by atoms with Gasteiger partial charge in [-0.05, 0) is 31.4 Å². The minimum absolute atomic E-state index is 0. The fourth-order valence-electron chi connectivity index (χ4n) is 3.06. The summed E-state index contributed by atoms with van der Waals surface area (Å²) in [6.07, 6.45) is -2.71. The molecule has 2 N–H and O–H groups in total. The molecule has 1 aromatic carbocycles. The largest absolute Gasteiger partial charge is 0.494 e. The predicted octanol–water partition coefficient (Wildman–Crippen LogP) is 3.05. The number of likely N-dealkylation sites (tertiary alicyclic amines) is 1. The maximum atomic E-state index is 12.5. The Morgan fingerprint density at radius 2 is 2.07 bits per heavy atom. The molecule has 1 atom stereocenters. The quantitative estimate of drug-likeness (QED) is 0.344. The molecule has 9 heteroatoms. The van der Waals surface area contributed by atoms with E-state index in [-0.39, 0.29) is 30.0 Å². The molecule has 0 bridgehead atoms. The van der Waals surface area contributed by atoms with E-state index in [1.165, 1.54) is 4.90 Å². The summed E-state index contributed by atoms with van der Waals surface area (Å²) < 4.78 is 43.0. The van der Waals surface area contributed by atoms with Gasteiger partial charge in [0, 0.05) is 32.7 Å². The van der Waals surface area contributed by atoms with Gasteiger partial charge >= 0.3 is 6.18 Å². The molecule has 1 aromatic rings. The fourth-order valence-corrected chi connectivity index (χ4v) is 3.06.